The number of aromatic carboxylic acids is 1. The summed E-state index contributed by atoms with van der Waals surface area (Å²) in [5.41, 5.74) is -0.180. The molecule has 1 aromatic carbocycles. The summed E-state index contributed by atoms with van der Waals surface area (Å²) in [5, 5.41) is 18.5. The van der Waals surface area contributed by atoms with E-state index >= 15 is 0 Å². The molecule has 0 aliphatic rings. The smallest absolute Gasteiger partial charge is 0.339 e. The lowest BCUT2D eigenvalue weighted by atomic mass is 10.1. The molecule has 0 spiro atoms. The van der Waals surface area contributed by atoms with E-state index in [-0.39, 0.29) is 22.6 Å². The Kier molecular flexibility index (Phi) is 3.93. The minimum Gasteiger partial charge on any atom is -0.504 e. The summed E-state index contributed by atoms with van der Waals surface area (Å²) in [6, 6.07) is 2.34. The molecule has 0 atom stereocenters. The van der Waals surface area contributed by atoms with Gasteiger partial charge in [-0.05, 0) is 19.1 Å². The van der Waals surface area contributed by atoms with Gasteiger partial charge in [0.25, 0.3) is 0 Å². The number of carbonyl (C=O) groups excluding carboxylic acids is 1. The van der Waals surface area contributed by atoms with Gasteiger partial charge in [-0.25, -0.2) is 9.59 Å². The van der Waals surface area contributed by atoms with Crippen LogP contribution in [0.5, 0.6) is 17.2 Å². The van der Waals surface area contributed by atoms with Gasteiger partial charge in [0.05, 0.1) is 7.11 Å². The predicted molar refractivity (Wildman–Crippen MR) is 62.1 cm³/mol. The van der Waals surface area contributed by atoms with Gasteiger partial charge in [-0.3, -0.25) is 0 Å². The fourth-order valence-corrected chi connectivity index (χ4v) is 1.19. The standard InChI is InChI=1S/C12H12O6/c1-6(2)12(16)18-8-5-4-7(11(14)15)9(13)10(8)17-3/h4-5,13H,1H2,2-3H3,(H,14,15). The lowest BCUT2D eigenvalue weighted by molar-refractivity contribution is -0.130. The van der Waals surface area contributed by atoms with Crippen LogP contribution >= 0.6 is 0 Å². The molecule has 0 amide bonds. The van der Waals surface area contributed by atoms with Crippen LogP contribution in [0.15, 0.2) is 24.3 Å². The SMILES string of the molecule is C=C(C)C(=O)Oc1ccc(C(=O)O)c(O)c1OC. The number of hydrogen-bond acceptors (Lipinski definition) is 5. The largest absolute Gasteiger partial charge is 0.504 e. The first-order valence-corrected chi connectivity index (χ1v) is 4.89. The molecule has 0 fully saturated rings. The molecule has 0 aliphatic heterocycles. The van der Waals surface area contributed by atoms with Crippen molar-refractivity contribution in [1.82, 2.24) is 0 Å². The zero-order valence-corrected chi connectivity index (χ0v) is 9.89. The van der Waals surface area contributed by atoms with E-state index in [4.69, 9.17) is 14.6 Å². The van der Waals surface area contributed by atoms with E-state index in [0.717, 1.165) is 6.07 Å². The Morgan fingerprint density at radius 3 is 2.39 bits per heavy atom. The molecule has 1 rings (SSSR count). The van der Waals surface area contributed by atoms with Gasteiger partial charge in [0, 0.05) is 5.57 Å². The molecule has 6 nitrogen and oxygen atoms in total. The second kappa shape index (κ2) is 5.22. The van der Waals surface area contributed by atoms with Gasteiger partial charge in [-0.2, -0.15) is 0 Å². The minimum absolute atomic E-state index is 0.0759. The topological polar surface area (TPSA) is 93.1 Å². The van der Waals surface area contributed by atoms with Crippen molar-refractivity contribution in [2.24, 2.45) is 0 Å². The third kappa shape index (κ3) is 2.60. The molecular weight excluding hydrogens is 240 g/mol. The molecule has 0 unspecified atom stereocenters. The first kappa shape index (κ1) is 13.6. The molecule has 0 saturated heterocycles. The number of esters is 1. The number of methoxy groups -OCH3 is 1. The average Bonchev–Trinajstić information content (AvgIpc) is 2.28. The second-order valence-corrected chi connectivity index (χ2v) is 3.47. The number of benzene rings is 1. The summed E-state index contributed by atoms with van der Waals surface area (Å²) < 4.78 is 9.72. The van der Waals surface area contributed by atoms with Crippen molar-refractivity contribution < 1.29 is 29.3 Å². The highest BCUT2D eigenvalue weighted by molar-refractivity contribution is 5.93. The number of phenols is 1. The molecule has 0 aliphatic carbocycles. The van der Waals surface area contributed by atoms with Crippen LogP contribution in [0.3, 0.4) is 0 Å². The minimum atomic E-state index is -1.32. The van der Waals surface area contributed by atoms with Crippen molar-refractivity contribution in [1.29, 1.82) is 0 Å². The molecule has 0 radical (unpaired) electrons. The molecular formula is C12H12O6. The van der Waals surface area contributed by atoms with E-state index in [0.29, 0.717) is 0 Å². The zero-order valence-electron chi connectivity index (χ0n) is 9.89. The van der Waals surface area contributed by atoms with Crippen LogP contribution < -0.4 is 9.47 Å². The summed E-state index contributed by atoms with van der Waals surface area (Å²) in [4.78, 5) is 22.1. The molecule has 0 heterocycles. The Balaban J connectivity index is 3.22. The number of carboxylic acid groups (broad SMARTS) is 1. The van der Waals surface area contributed by atoms with Gasteiger partial charge < -0.3 is 19.7 Å². The van der Waals surface area contributed by atoms with Gasteiger partial charge in [0.1, 0.15) is 5.56 Å². The summed E-state index contributed by atoms with van der Waals surface area (Å²) in [6.45, 7) is 4.86. The number of carbonyl (C=O) groups is 2. The van der Waals surface area contributed by atoms with Crippen molar-refractivity contribution in [2.75, 3.05) is 7.11 Å². The first-order chi connectivity index (χ1) is 8.38. The van der Waals surface area contributed by atoms with Crippen molar-refractivity contribution in [3.8, 4) is 17.2 Å². The molecule has 0 bridgehead atoms. The third-order valence-corrected chi connectivity index (χ3v) is 2.08. The number of rotatable bonds is 4. The third-order valence-electron chi connectivity index (χ3n) is 2.08. The summed E-state index contributed by atoms with van der Waals surface area (Å²) in [7, 11) is 1.22. The number of ether oxygens (including phenoxy) is 2. The normalized spacial score (nSPS) is 9.67. The number of aromatic hydroxyl groups is 1. The fourth-order valence-electron chi connectivity index (χ4n) is 1.19. The quantitative estimate of drug-likeness (QED) is 0.480. The maximum absolute atomic E-state index is 11.3. The fraction of sp³-hybridized carbons (Fsp3) is 0.167. The molecule has 2 N–H and O–H groups in total. The Morgan fingerprint density at radius 2 is 1.94 bits per heavy atom. The molecule has 6 heteroatoms. The Morgan fingerprint density at radius 1 is 1.33 bits per heavy atom. The summed E-state index contributed by atoms with van der Waals surface area (Å²) in [6.07, 6.45) is 0. The van der Waals surface area contributed by atoms with E-state index in [9.17, 15) is 14.7 Å². The van der Waals surface area contributed by atoms with Crippen molar-refractivity contribution in [2.45, 2.75) is 6.92 Å². The maximum atomic E-state index is 11.3. The Labute approximate surface area is 103 Å². The van der Waals surface area contributed by atoms with Crippen LogP contribution in [0.2, 0.25) is 0 Å². The van der Waals surface area contributed by atoms with Crippen molar-refractivity contribution in [3.63, 3.8) is 0 Å². The van der Waals surface area contributed by atoms with Gasteiger partial charge in [0.15, 0.2) is 11.5 Å². The van der Waals surface area contributed by atoms with Gasteiger partial charge in [-0.15, -0.1) is 0 Å². The van der Waals surface area contributed by atoms with Crippen LogP contribution in [0.4, 0.5) is 0 Å². The monoisotopic (exact) mass is 252 g/mol. The molecule has 1 aromatic rings. The lowest BCUT2D eigenvalue weighted by Crippen LogP contribution is -2.09. The van der Waals surface area contributed by atoms with Crippen LogP contribution in [-0.4, -0.2) is 29.3 Å². The molecule has 18 heavy (non-hydrogen) atoms. The number of hydrogen-bond donors (Lipinski definition) is 2. The number of carboxylic acids is 1. The second-order valence-electron chi connectivity index (χ2n) is 3.47. The van der Waals surface area contributed by atoms with Crippen LogP contribution in [0.25, 0.3) is 0 Å². The van der Waals surface area contributed by atoms with Crippen LogP contribution in [0.1, 0.15) is 17.3 Å². The molecule has 0 aromatic heterocycles. The first-order valence-electron chi connectivity index (χ1n) is 4.89. The Hall–Kier alpha value is -2.50. The van der Waals surface area contributed by atoms with Crippen molar-refractivity contribution in [3.05, 3.63) is 29.8 Å². The van der Waals surface area contributed by atoms with E-state index in [2.05, 4.69) is 6.58 Å². The highest BCUT2D eigenvalue weighted by Gasteiger charge is 2.20. The highest BCUT2D eigenvalue weighted by Crippen LogP contribution is 2.39. The Bertz CT molecular complexity index is 518. The molecule has 96 valence electrons. The summed E-state index contributed by atoms with van der Waals surface area (Å²) >= 11 is 0. The van der Waals surface area contributed by atoms with E-state index in [1.807, 2.05) is 0 Å². The average molecular weight is 252 g/mol. The lowest BCUT2D eigenvalue weighted by Gasteiger charge is -2.11. The van der Waals surface area contributed by atoms with Gasteiger partial charge in [0.2, 0.25) is 5.75 Å². The predicted octanol–water partition coefficient (Wildman–Crippen LogP) is 1.58. The van der Waals surface area contributed by atoms with Gasteiger partial charge >= 0.3 is 11.9 Å². The zero-order chi connectivity index (χ0) is 13.9. The van der Waals surface area contributed by atoms with E-state index in [1.165, 1.54) is 20.1 Å². The van der Waals surface area contributed by atoms with Crippen LogP contribution in [-0.2, 0) is 4.79 Å². The van der Waals surface area contributed by atoms with Crippen LogP contribution in [0, 0.1) is 0 Å². The van der Waals surface area contributed by atoms with Crippen molar-refractivity contribution >= 4 is 11.9 Å². The molecule has 0 saturated carbocycles. The highest BCUT2D eigenvalue weighted by atomic mass is 16.6. The van der Waals surface area contributed by atoms with E-state index in [1.54, 1.807) is 0 Å². The van der Waals surface area contributed by atoms with Gasteiger partial charge in [-0.1, -0.05) is 6.58 Å². The summed E-state index contributed by atoms with van der Waals surface area (Å²) in [5.74, 6) is -2.91. The maximum Gasteiger partial charge on any atom is 0.339 e. The van der Waals surface area contributed by atoms with E-state index < -0.39 is 17.7 Å².